The number of aryl methyl sites for hydroxylation is 1. The summed E-state index contributed by atoms with van der Waals surface area (Å²) in [5.41, 5.74) is 0.684. The van der Waals surface area contributed by atoms with Crippen LogP contribution in [0.5, 0.6) is 5.75 Å². The number of hydrogen-bond donors (Lipinski definition) is 1. The van der Waals surface area contributed by atoms with Gasteiger partial charge in [-0.1, -0.05) is 0 Å². The average molecular weight is 342 g/mol. The number of hydrogen-bond acceptors (Lipinski definition) is 5. The van der Waals surface area contributed by atoms with Gasteiger partial charge in [0.2, 0.25) is 10.0 Å². The van der Waals surface area contributed by atoms with Crippen molar-refractivity contribution in [2.24, 2.45) is 0 Å². The van der Waals surface area contributed by atoms with Gasteiger partial charge in [-0.2, -0.15) is 0 Å². The lowest BCUT2D eigenvalue weighted by Crippen LogP contribution is -2.48. The molecule has 23 heavy (non-hydrogen) atoms. The third kappa shape index (κ3) is 4.91. The molecule has 1 heterocycles. The van der Waals surface area contributed by atoms with Gasteiger partial charge in [-0.3, -0.25) is 4.90 Å². The second kappa shape index (κ2) is 8.10. The fourth-order valence-electron chi connectivity index (χ4n) is 2.91. The van der Waals surface area contributed by atoms with E-state index in [1.54, 1.807) is 39.3 Å². The number of likely N-dealkylation sites (tertiary alicyclic amines) is 1. The molecule has 1 aliphatic rings. The van der Waals surface area contributed by atoms with E-state index in [-0.39, 0.29) is 6.04 Å². The maximum Gasteiger partial charge on any atom is 0.241 e. The van der Waals surface area contributed by atoms with Gasteiger partial charge in [0.05, 0.1) is 18.6 Å². The monoisotopic (exact) mass is 342 g/mol. The van der Waals surface area contributed by atoms with Crippen molar-refractivity contribution in [3.63, 3.8) is 0 Å². The van der Waals surface area contributed by atoms with E-state index in [2.05, 4.69) is 9.62 Å². The van der Waals surface area contributed by atoms with Gasteiger partial charge in [-0.15, -0.1) is 0 Å². The highest BCUT2D eigenvalue weighted by Crippen LogP contribution is 2.22. The van der Waals surface area contributed by atoms with Crippen molar-refractivity contribution in [1.82, 2.24) is 9.62 Å². The van der Waals surface area contributed by atoms with E-state index >= 15 is 0 Å². The summed E-state index contributed by atoms with van der Waals surface area (Å²) in [4.78, 5) is 2.55. The molecule has 0 aliphatic carbocycles. The number of piperidine rings is 1. The number of nitrogens with one attached hydrogen (secondary N) is 1. The van der Waals surface area contributed by atoms with Crippen molar-refractivity contribution in [3.05, 3.63) is 23.8 Å². The number of benzene rings is 1. The molecule has 1 N–H and O–H groups in total. The van der Waals surface area contributed by atoms with E-state index in [1.165, 1.54) is 0 Å². The van der Waals surface area contributed by atoms with Crippen LogP contribution in [0.3, 0.4) is 0 Å². The highest BCUT2D eigenvalue weighted by atomic mass is 32.2. The summed E-state index contributed by atoms with van der Waals surface area (Å²) < 4.78 is 38.4. The second-order valence-corrected chi connectivity index (χ2v) is 7.57. The Morgan fingerprint density at radius 2 is 2.13 bits per heavy atom. The Balaban J connectivity index is 2.05. The fourth-order valence-corrected chi connectivity index (χ4v) is 4.40. The summed E-state index contributed by atoms with van der Waals surface area (Å²) in [6.45, 7) is 4.98. The maximum absolute atomic E-state index is 12.6. The quantitative estimate of drug-likeness (QED) is 0.811. The lowest BCUT2D eigenvalue weighted by atomic mass is 10.1. The zero-order chi connectivity index (χ0) is 16.9. The van der Waals surface area contributed by atoms with Crippen molar-refractivity contribution in [1.29, 1.82) is 0 Å². The SMILES string of the molecule is COCCN1CCC[C@H](NS(=O)(=O)c2ccc(OC)cc2C)C1. The molecular formula is C16H26N2O4S. The van der Waals surface area contributed by atoms with E-state index in [0.717, 1.165) is 32.5 Å². The van der Waals surface area contributed by atoms with Gasteiger partial charge in [0.25, 0.3) is 0 Å². The average Bonchev–Trinajstić information content (AvgIpc) is 2.52. The largest absolute Gasteiger partial charge is 0.497 e. The first kappa shape index (κ1) is 18.2. The smallest absolute Gasteiger partial charge is 0.241 e. The Hall–Kier alpha value is -1.15. The summed E-state index contributed by atoms with van der Waals surface area (Å²) in [5.74, 6) is 0.657. The van der Waals surface area contributed by atoms with Crippen molar-refractivity contribution in [3.8, 4) is 5.75 Å². The summed E-state index contributed by atoms with van der Waals surface area (Å²) in [6, 6.07) is 4.95. The highest BCUT2D eigenvalue weighted by Gasteiger charge is 2.26. The summed E-state index contributed by atoms with van der Waals surface area (Å²) >= 11 is 0. The Morgan fingerprint density at radius 3 is 2.78 bits per heavy atom. The molecule has 1 atom stereocenters. The summed E-state index contributed by atoms with van der Waals surface area (Å²) in [6.07, 6.45) is 1.84. The molecule has 1 saturated heterocycles. The summed E-state index contributed by atoms with van der Waals surface area (Å²) in [7, 11) is -0.278. The standard InChI is InChI=1S/C16H26N2O4S/c1-13-11-15(22-3)6-7-16(13)23(19,20)17-14-5-4-8-18(12-14)9-10-21-2/h6-7,11,14,17H,4-5,8-10,12H2,1-3H3/t14-/m0/s1. The molecule has 130 valence electrons. The van der Waals surface area contributed by atoms with Crippen LogP contribution in [0.4, 0.5) is 0 Å². The minimum absolute atomic E-state index is 0.0629. The number of nitrogens with zero attached hydrogens (tertiary/aromatic N) is 1. The van der Waals surface area contributed by atoms with Gasteiger partial charge >= 0.3 is 0 Å². The molecule has 2 rings (SSSR count). The van der Waals surface area contributed by atoms with Crippen LogP contribution in [0.2, 0.25) is 0 Å². The summed E-state index contributed by atoms with van der Waals surface area (Å²) in [5, 5.41) is 0. The first-order valence-electron chi connectivity index (χ1n) is 7.84. The van der Waals surface area contributed by atoms with Gasteiger partial charge in [-0.25, -0.2) is 13.1 Å². The van der Waals surface area contributed by atoms with Crippen LogP contribution in [-0.2, 0) is 14.8 Å². The van der Waals surface area contributed by atoms with Crippen LogP contribution in [0.25, 0.3) is 0 Å². The molecule has 1 aromatic rings. The lowest BCUT2D eigenvalue weighted by molar-refractivity contribution is 0.126. The van der Waals surface area contributed by atoms with Crippen molar-refractivity contribution < 1.29 is 17.9 Å². The highest BCUT2D eigenvalue weighted by molar-refractivity contribution is 7.89. The van der Waals surface area contributed by atoms with Crippen LogP contribution >= 0.6 is 0 Å². The molecule has 0 saturated carbocycles. The first-order chi connectivity index (χ1) is 11.0. The molecule has 0 amide bonds. The first-order valence-corrected chi connectivity index (χ1v) is 9.33. The lowest BCUT2D eigenvalue weighted by Gasteiger charge is -2.32. The van der Waals surface area contributed by atoms with Crippen LogP contribution in [0.1, 0.15) is 18.4 Å². The van der Waals surface area contributed by atoms with Crippen molar-refractivity contribution in [2.45, 2.75) is 30.7 Å². The Labute approximate surface area is 138 Å². The number of sulfonamides is 1. The molecule has 1 aromatic carbocycles. The molecule has 1 fully saturated rings. The Morgan fingerprint density at radius 1 is 1.35 bits per heavy atom. The zero-order valence-electron chi connectivity index (χ0n) is 14.0. The zero-order valence-corrected chi connectivity index (χ0v) is 14.9. The van der Waals surface area contributed by atoms with E-state index in [1.807, 2.05) is 0 Å². The molecule has 1 aliphatic heterocycles. The fraction of sp³-hybridized carbons (Fsp3) is 0.625. The Kier molecular flexibility index (Phi) is 6.41. The van der Waals surface area contributed by atoms with Gasteiger partial charge in [-0.05, 0) is 50.1 Å². The molecular weight excluding hydrogens is 316 g/mol. The van der Waals surface area contributed by atoms with Crippen molar-refractivity contribution in [2.75, 3.05) is 40.5 Å². The van der Waals surface area contributed by atoms with E-state index in [0.29, 0.717) is 22.8 Å². The molecule has 0 aromatic heterocycles. The van der Waals surface area contributed by atoms with E-state index in [9.17, 15) is 8.42 Å². The van der Waals surface area contributed by atoms with Crippen LogP contribution < -0.4 is 9.46 Å². The predicted octanol–water partition coefficient (Wildman–Crippen LogP) is 1.39. The van der Waals surface area contributed by atoms with E-state index < -0.39 is 10.0 Å². The van der Waals surface area contributed by atoms with Gasteiger partial charge in [0, 0.05) is 26.2 Å². The van der Waals surface area contributed by atoms with Gasteiger partial charge in [0.15, 0.2) is 0 Å². The molecule has 0 spiro atoms. The van der Waals surface area contributed by atoms with Crippen LogP contribution in [0, 0.1) is 6.92 Å². The molecule has 0 bridgehead atoms. The van der Waals surface area contributed by atoms with Gasteiger partial charge < -0.3 is 9.47 Å². The minimum atomic E-state index is -3.52. The molecule has 0 unspecified atom stereocenters. The number of methoxy groups -OCH3 is 2. The maximum atomic E-state index is 12.6. The minimum Gasteiger partial charge on any atom is -0.497 e. The van der Waals surface area contributed by atoms with Gasteiger partial charge in [0.1, 0.15) is 5.75 Å². The third-order valence-electron chi connectivity index (χ3n) is 4.11. The normalized spacial score (nSPS) is 19.7. The van der Waals surface area contributed by atoms with Crippen LogP contribution in [0.15, 0.2) is 23.1 Å². The number of rotatable bonds is 7. The second-order valence-electron chi connectivity index (χ2n) is 5.89. The van der Waals surface area contributed by atoms with Crippen molar-refractivity contribution >= 4 is 10.0 Å². The topological polar surface area (TPSA) is 67.9 Å². The van der Waals surface area contributed by atoms with Crippen LogP contribution in [-0.4, -0.2) is 59.8 Å². The predicted molar refractivity (Wildman–Crippen MR) is 89.4 cm³/mol. The number of ether oxygens (including phenoxy) is 2. The third-order valence-corrected chi connectivity index (χ3v) is 5.79. The van der Waals surface area contributed by atoms with E-state index in [4.69, 9.17) is 9.47 Å². The molecule has 6 nitrogen and oxygen atoms in total. The molecule has 0 radical (unpaired) electrons. The Bertz CT molecular complexity index is 619. The molecule has 7 heteroatoms.